The normalized spacial score (nSPS) is 19.8. The Bertz CT molecular complexity index is 588. The van der Waals surface area contributed by atoms with Crippen LogP contribution in [-0.4, -0.2) is 81.9 Å². The van der Waals surface area contributed by atoms with Gasteiger partial charge in [0.2, 0.25) is 17.7 Å². The number of aliphatic hydroxyl groups excluding tert-OH is 1. The molecule has 0 aromatic carbocycles. The Labute approximate surface area is 169 Å². The standard InChI is InChI=1S/C17H30N4O6S/c1-9(2)6-10(18)14(23)20-12(8-28)15(24)19-11(7-22)16(25)21-5-3-4-13(21)17(26)27/h9-13,22,28H,3-8,18H2,1-2H3,(H,19,24)(H,20,23)(H,26,27). The van der Waals surface area contributed by atoms with E-state index in [2.05, 4.69) is 23.3 Å². The van der Waals surface area contributed by atoms with Crippen LogP contribution in [0.2, 0.25) is 0 Å². The summed E-state index contributed by atoms with van der Waals surface area (Å²) in [5, 5.41) is 23.6. The second kappa shape index (κ2) is 11.2. The first-order valence-corrected chi connectivity index (χ1v) is 9.86. The number of carbonyl (C=O) groups excluding carboxylic acids is 3. The summed E-state index contributed by atoms with van der Waals surface area (Å²) in [6.45, 7) is 3.36. The number of amides is 3. The fraction of sp³-hybridized carbons (Fsp3) is 0.765. The molecule has 0 saturated carbocycles. The second-order valence-corrected chi connectivity index (χ2v) is 7.62. The number of hydrogen-bond donors (Lipinski definition) is 6. The lowest BCUT2D eigenvalue weighted by molar-refractivity contribution is -0.150. The minimum Gasteiger partial charge on any atom is -0.480 e. The van der Waals surface area contributed by atoms with Crippen LogP contribution < -0.4 is 16.4 Å². The fourth-order valence-electron chi connectivity index (χ4n) is 3.03. The average molecular weight is 419 g/mol. The topological polar surface area (TPSA) is 162 Å². The summed E-state index contributed by atoms with van der Waals surface area (Å²) in [4.78, 5) is 49.5. The molecular formula is C17H30N4O6S. The SMILES string of the molecule is CC(C)CC(N)C(=O)NC(CS)C(=O)NC(CO)C(=O)N1CCCC1C(=O)O. The molecule has 6 N–H and O–H groups in total. The number of carbonyl (C=O) groups is 4. The maximum Gasteiger partial charge on any atom is 0.326 e. The predicted molar refractivity (Wildman–Crippen MR) is 105 cm³/mol. The predicted octanol–water partition coefficient (Wildman–Crippen LogP) is -1.67. The first-order chi connectivity index (χ1) is 13.1. The van der Waals surface area contributed by atoms with E-state index in [9.17, 15) is 29.4 Å². The third-order valence-corrected chi connectivity index (χ3v) is 4.86. The fourth-order valence-corrected chi connectivity index (χ4v) is 3.29. The minimum absolute atomic E-state index is 0.0419. The summed E-state index contributed by atoms with van der Waals surface area (Å²) in [5.41, 5.74) is 5.80. The first kappa shape index (κ1) is 24.2. The lowest BCUT2D eigenvalue weighted by Gasteiger charge is -2.27. The Hall–Kier alpha value is -1.85. The molecule has 1 heterocycles. The number of aliphatic hydroxyl groups is 1. The Kier molecular flexibility index (Phi) is 9.70. The second-order valence-electron chi connectivity index (χ2n) is 7.25. The maximum atomic E-state index is 12.6. The highest BCUT2D eigenvalue weighted by atomic mass is 32.1. The van der Waals surface area contributed by atoms with E-state index in [0.29, 0.717) is 19.3 Å². The van der Waals surface area contributed by atoms with Crippen molar-refractivity contribution in [1.29, 1.82) is 0 Å². The Morgan fingerprint density at radius 3 is 2.29 bits per heavy atom. The molecule has 3 amide bonds. The third kappa shape index (κ3) is 6.64. The molecule has 0 aromatic rings. The third-order valence-electron chi connectivity index (χ3n) is 4.50. The molecule has 4 unspecified atom stereocenters. The first-order valence-electron chi connectivity index (χ1n) is 9.23. The summed E-state index contributed by atoms with van der Waals surface area (Å²) in [5.74, 6) is -2.88. The van der Waals surface area contributed by atoms with E-state index in [1.807, 2.05) is 13.8 Å². The van der Waals surface area contributed by atoms with Gasteiger partial charge in [0.25, 0.3) is 0 Å². The molecule has 1 aliphatic heterocycles. The molecule has 1 fully saturated rings. The molecule has 1 aliphatic rings. The van der Waals surface area contributed by atoms with Crippen LogP contribution in [0.4, 0.5) is 0 Å². The van der Waals surface area contributed by atoms with E-state index in [1.165, 1.54) is 0 Å². The monoisotopic (exact) mass is 418 g/mol. The number of nitrogens with one attached hydrogen (secondary N) is 2. The molecule has 0 radical (unpaired) electrons. The van der Waals surface area contributed by atoms with Crippen molar-refractivity contribution < 1.29 is 29.4 Å². The Balaban J connectivity index is 2.73. The molecule has 1 saturated heterocycles. The zero-order valence-corrected chi connectivity index (χ0v) is 17.0. The van der Waals surface area contributed by atoms with Gasteiger partial charge in [-0.3, -0.25) is 14.4 Å². The number of aliphatic carboxylic acids is 1. The molecule has 11 heteroatoms. The number of carboxylic acids is 1. The summed E-state index contributed by atoms with van der Waals surface area (Å²) in [7, 11) is 0. The number of hydrogen-bond acceptors (Lipinski definition) is 7. The Morgan fingerprint density at radius 2 is 1.79 bits per heavy atom. The summed E-state index contributed by atoms with van der Waals surface area (Å²) in [6, 6.07) is -4.12. The minimum atomic E-state index is -1.31. The van der Waals surface area contributed by atoms with Crippen LogP contribution in [0.1, 0.15) is 33.1 Å². The maximum absolute atomic E-state index is 12.6. The molecule has 160 valence electrons. The molecule has 28 heavy (non-hydrogen) atoms. The molecule has 10 nitrogen and oxygen atoms in total. The van der Waals surface area contributed by atoms with E-state index < -0.39 is 54.5 Å². The van der Waals surface area contributed by atoms with E-state index in [4.69, 9.17) is 5.73 Å². The van der Waals surface area contributed by atoms with Gasteiger partial charge in [-0.25, -0.2) is 4.79 Å². The van der Waals surface area contributed by atoms with Crippen molar-refractivity contribution >= 4 is 36.3 Å². The van der Waals surface area contributed by atoms with Gasteiger partial charge in [0.05, 0.1) is 12.6 Å². The van der Waals surface area contributed by atoms with E-state index >= 15 is 0 Å². The molecule has 4 atom stereocenters. The van der Waals surface area contributed by atoms with Gasteiger partial charge in [0.1, 0.15) is 18.1 Å². The molecule has 0 aromatic heterocycles. The molecule has 0 aliphatic carbocycles. The van der Waals surface area contributed by atoms with Crippen molar-refractivity contribution in [3.05, 3.63) is 0 Å². The van der Waals surface area contributed by atoms with Crippen molar-refractivity contribution in [3.63, 3.8) is 0 Å². The van der Waals surface area contributed by atoms with Crippen molar-refractivity contribution in [2.45, 2.75) is 57.3 Å². The van der Waals surface area contributed by atoms with Gasteiger partial charge in [-0.05, 0) is 25.2 Å². The number of carboxylic acid groups (broad SMARTS) is 1. The van der Waals surface area contributed by atoms with Crippen LogP contribution in [0, 0.1) is 5.92 Å². The smallest absolute Gasteiger partial charge is 0.326 e. The Morgan fingerprint density at radius 1 is 1.18 bits per heavy atom. The number of likely N-dealkylation sites (tertiary alicyclic amines) is 1. The lowest BCUT2D eigenvalue weighted by Crippen LogP contribution is -2.58. The average Bonchev–Trinajstić information content (AvgIpc) is 3.12. The van der Waals surface area contributed by atoms with Gasteiger partial charge in [-0.1, -0.05) is 13.8 Å². The molecule has 0 spiro atoms. The highest BCUT2D eigenvalue weighted by Gasteiger charge is 2.38. The van der Waals surface area contributed by atoms with Gasteiger partial charge < -0.3 is 31.5 Å². The van der Waals surface area contributed by atoms with Crippen LogP contribution in [0.25, 0.3) is 0 Å². The van der Waals surface area contributed by atoms with Gasteiger partial charge in [-0.2, -0.15) is 12.6 Å². The van der Waals surface area contributed by atoms with Crippen molar-refractivity contribution in [1.82, 2.24) is 15.5 Å². The zero-order valence-electron chi connectivity index (χ0n) is 16.1. The lowest BCUT2D eigenvalue weighted by atomic mass is 10.0. The van der Waals surface area contributed by atoms with Gasteiger partial charge in [0.15, 0.2) is 0 Å². The van der Waals surface area contributed by atoms with Crippen LogP contribution in [0.3, 0.4) is 0 Å². The highest BCUT2D eigenvalue weighted by Crippen LogP contribution is 2.18. The van der Waals surface area contributed by atoms with Crippen LogP contribution in [0.15, 0.2) is 0 Å². The zero-order chi connectivity index (χ0) is 21.4. The number of thiol groups is 1. The summed E-state index contributed by atoms with van der Waals surface area (Å²) < 4.78 is 0. The van der Waals surface area contributed by atoms with E-state index in [0.717, 1.165) is 4.90 Å². The summed E-state index contributed by atoms with van der Waals surface area (Å²) >= 11 is 4.05. The van der Waals surface area contributed by atoms with Crippen LogP contribution in [0.5, 0.6) is 0 Å². The number of rotatable bonds is 10. The van der Waals surface area contributed by atoms with Crippen molar-refractivity contribution in [2.24, 2.45) is 11.7 Å². The van der Waals surface area contributed by atoms with Crippen molar-refractivity contribution in [2.75, 3.05) is 18.9 Å². The van der Waals surface area contributed by atoms with Gasteiger partial charge in [0, 0.05) is 12.3 Å². The van der Waals surface area contributed by atoms with E-state index in [-0.39, 0.29) is 18.2 Å². The van der Waals surface area contributed by atoms with Gasteiger partial charge >= 0.3 is 5.97 Å². The molecule has 1 rings (SSSR count). The van der Waals surface area contributed by atoms with E-state index in [1.54, 1.807) is 0 Å². The largest absolute Gasteiger partial charge is 0.480 e. The summed E-state index contributed by atoms with van der Waals surface area (Å²) in [6.07, 6.45) is 1.28. The number of nitrogens with zero attached hydrogens (tertiary/aromatic N) is 1. The number of nitrogens with two attached hydrogens (primary N) is 1. The van der Waals surface area contributed by atoms with Gasteiger partial charge in [-0.15, -0.1) is 0 Å². The molecular weight excluding hydrogens is 388 g/mol. The highest BCUT2D eigenvalue weighted by molar-refractivity contribution is 7.80. The van der Waals surface area contributed by atoms with Crippen LogP contribution in [-0.2, 0) is 19.2 Å². The van der Waals surface area contributed by atoms with Crippen molar-refractivity contribution in [3.8, 4) is 0 Å². The molecule has 0 bridgehead atoms. The quantitative estimate of drug-likeness (QED) is 0.231. The van der Waals surface area contributed by atoms with Crippen LogP contribution >= 0.6 is 12.6 Å².